The van der Waals surface area contributed by atoms with Crippen molar-refractivity contribution in [1.29, 1.82) is 0 Å². The molecule has 0 fully saturated rings. The Kier molecular flexibility index (Phi) is 4.56. The van der Waals surface area contributed by atoms with Crippen LogP contribution in [0.5, 0.6) is 0 Å². The molecule has 18 heavy (non-hydrogen) atoms. The first-order valence-electron chi connectivity index (χ1n) is 6.48. The second kappa shape index (κ2) is 5.98. The molecule has 0 aliphatic heterocycles. The van der Waals surface area contributed by atoms with Crippen LogP contribution in [0.2, 0.25) is 0 Å². The Morgan fingerprint density at radius 1 is 1.17 bits per heavy atom. The summed E-state index contributed by atoms with van der Waals surface area (Å²) in [5, 5.41) is 0. The van der Waals surface area contributed by atoms with Crippen molar-refractivity contribution in [1.82, 2.24) is 0 Å². The van der Waals surface area contributed by atoms with Gasteiger partial charge in [0.15, 0.2) is 0 Å². The van der Waals surface area contributed by atoms with Crippen molar-refractivity contribution in [3.8, 4) is 0 Å². The summed E-state index contributed by atoms with van der Waals surface area (Å²) in [5.74, 6) is 0. The van der Waals surface area contributed by atoms with E-state index >= 15 is 0 Å². The van der Waals surface area contributed by atoms with Gasteiger partial charge in [0.25, 0.3) is 0 Å². The summed E-state index contributed by atoms with van der Waals surface area (Å²) >= 11 is -0.552. The number of hydrogen-bond donors (Lipinski definition) is 0. The Balaban J connectivity index is 2.20. The van der Waals surface area contributed by atoms with Crippen molar-refractivity contribution in [2.24, 2.45) is 0 Å². The molecule has 0 radical (unpaired) electrons. The molecule has 0 amide bonds. The van der Waals surface area contributed by atoms with Gasteiger partial charge in [0, 0.05) is 0 Å². The maximum absolute atomic E-state index is 2.42. The van der Waals surface area contributed by atoms with Crippen molar-refractivity contribution in [2.45, 2.75) is 31.3 Å². The van der Waals surface area contributed by atoms with Gasteiger partial charge >= 0.3 is 123 Å². The zero-order chi connectivity index (χ0) is 13.1. The Morgan fingerprint density at radius 3 is 2.61 bits per heavy atom. The van der Waals surface area contributed by atoms with Crippen molar-refractivity contribution >= 4 is 6.08 Å². The van der Waals surface area contributed by atoms with E-state index in [2.05, 4.69) is 70.2 Å². The predicted molar refractivity (Wildman–Crippen MR) is 76.0 cm³/mol. The minimum atomic E-state index is -0.552. The molecule has 0 N–H and O–H groups in total. The Labute approximate surface area is 122 Å². The van der Waals surface area contributed by atoms with Crippen molar-refractivity contribution in [3.63, 3.8) is 0 Å². The standard InChI is InChI=1S/C9H7.C8H13.Zr/c1-2-5-9-7-3-6-8(9)4-1;1-5-7(3)8(4)6-2;/h1-7H;5H,1-4H3;/b;7-5+,8-6?;. The fraction of sp³-hybridized carbons (Fsp3) is 0.294. The number of rotatable bonds is 3. The number of benzene rings is 1. The number of hydrogen-bond acceptors (Lipinski definition) is 0. The van der Waals surface area contributed by atoms with Gasteiger partial charge in [-0.25, -0.2) is 0 Å². The van der Waals surface area contributed by atoms with Crippen LogP contribution in [0.25, 0.3) is 6.08 Å². The topological polar surface area (TPSA) is 0 Å². The minimum absolute atomic E-state index is 0.552. The summed E-state index contributed by atoms with van der Waals surface area (Å²) < 4.78 is 2.39. The molecule has 1 aromatic rings. The van der Waals surface area contributed by atoms with E-state index in [1.807, 2.05) is 0 Å². The van der Waals surface area contributed by atoms with Gasteiger partial charge in [-0.05, 0) is 0 Å². The van der Waals surface area contributed by atoms with Gasteiger partial charge in [-0.1, -0.05) is 0 Å². The van der Waals surface area contributed by atoms with Crippen LogP contribution in [0, 0.1) is 0 Å². The fourth-order valence-electron chi connectivity index (χ4n) is 2.23. The first kappa shape index (κ1) is 13.7. The van der Waals surface area contributed by atoms with Crippen LogP contribution >= 0.6 is 0 Å². The monoisotopic (exact) mass is 314 g/mol. The summed E-state index contributed by atoms with van der Waals surface area (Å²) in [7, 11) is 0. The summed E-state index contributed by atoms with van der Waals surface area (Å²) in [5.41, 5.74) is 5.93. The molecule has 0 bridgehead atoms. The van der Waals surface area contributed by atoms with Crippen molar-refractivity contribution in [3.05, 3.63) is 62.0 Å². The number of fused-ring (bicyclic) bond motifs is 1. The first-order chi connectivity index (χ1) is 8.63. The van der Waals surface area contributed by atoms with Crippen LogP contribution < -0.4 is 0 Å². The second-order valence-electron chi connectivity index (χ2n) is 4.83. The molecular formula is C17H20Zr. The average molecular weight is 316 g/mol. The SMILES string of the molecule is C/C=C(C)/C(C)=[C](\C)[Zr][CH]1C=Cc2ccccc21. The molecule has 0 spiro atoms. The van der Waals surface area contributed by atoms with E-state index < -0.39 is 23.2 Å². The molecule has 0 heterocycles. The molecule has 2 rings (SSSR count). The van der Waals surface area contributed by atoms with Crippen LogP contribution in [-0.2, 0) is 23.2 Å². The van der Waals surface area contributed by atoms with Crippen LogP contribution in [0.4, 0.5) is 0 Å². The molecule has 0 saturated carbocycles. The Morgan fingerprint density at radius 2 is 1.89 bits per heavy atom. The molecule has 1 aliphatic carbocycles. The van der Waals surface area contributed by atoms with E-state index in [9.17, 15) is 0 Å². The first-order valence-corrected chi connectivity index (χ1v) is 9.12. The van der Waals surface area contributed by atoms with E-state index in [-0.39, 0.29) is 0 Å². The third-order valence-corrected chi connectivity index (χ3v) is 7.75. The van der Waals surface area contributed by atoms with E-state index in [0.717, 1.165) is 3.63 Å². The summed E-state index contributed by atoms with van der Waals surface area (Å²) in [6, 6.07) is 8.83. The predicted octanol–water partition coefficient (Wildman–Crippen LogP) is 5.10. The fourth-order valence-corrected chi connectivity index (χ4v) is 5.89. The third-order valence-electron chi connectivity index (χ3n) is 3.76. The molecule has 1 heteroatoms. The van der Waals surface area contributed by atoms with E-state index in [1.54, 1.807) is 8.84 Å². The molecule has 0 aromatic heterocycles. The molecular weight excluding hydrogens is 295 g/mol. The van der Waals surface area contributed by atoms with Crippen LogP contribution in [0.1, 0.15) is 42.4 Å². The van der Waals surface area contributed by atoms with Gasteiger partial charge in [0.1, 0.15) is 0 Å². The van der Waals surface area contributed by atoms with E-state index in [0.29, 0.717) is 0 Å². The van der Waals surface area contributed by atoms with Gasteiger partial charge in [-0.2, -0.15) is 0 Å². The molecule has 92 valence electrons. The Hall–Kier alpha value is -0.677. The van der Waals surface area contributed by atoms with Crippen LogP contribution in [0.3, 0.4) is 0 Å². The Bertz CT molecular complexity index is 532. The van der Waals surface area contributed by atoms with Gasteiger partial charge in [-0.3, -0.25) is 0 Å². The zero-order valence-electron chi connectivity index (χ0n) is 11.6. The van der Waals surface area contributed by atoms with Crippen molar-refractivity contribution in [2.75, 3.05) is 0 Å². The third kappa shape index (κ3) is 2.83. The molecule has 1 aliphatic rings. The van der Waals surface area contributed by atoms with Gasteiger partial charge in [-0.15, -0.1) is 0 Å². The normalized spacial score (nSPS) is 19.6. The van der Waals surface area contributed by atoms with Gasteiger partial charge < -0.3 is 0 Å². The summed E-state index contributed by atoms with van der Waals surface area (Å²) in [6.45, 7) is 8.96. The molecule has 1 atom stereocenters. The van der Waals surface area contributed by atoms with Crippen LogP contribution in [-0.4, -0.2) is 0 Å². The quantitative estimate of drug-likeness (QED) is 0.681. The van der Waals surface area contributed by atoms with Gasteiger partial charge in [0.2, 0.25) is 0 Å². The molecule has 0 nitrogen and oxygen atoms in total. The summed E-state index contributed by atoms with van der Waals surface area (Å²) in [4.78, 5) is 0. The molecule has 1 aromatic carbocycles. The zero-order valence-corrected chi connectivity index (χ0v) is 14.1. The van der Waals surface area contributed by atoms with E-state index in [4.69, 9.17) is 0 Å². The average Bonchev–Trinajstić information content (AvgIpc) is 2.80. The number of allylic oxidation sites excluding steroid dienone is 5. The second-order valence-corrected chi connectivity index (χ2v) is 8.91. The van der Waals surface area contributed by atoms with Crippen molar-refractivity contribution < 1.29 is 23.2 Å². The van der Waals surface area contributed by atoms with E-state index in [1.165, 1.54) is 16.7 Å². The maximum atomic E-state index is 2.42. The summed E-state index contributed by atoms with van der Waals surface area (Å²) in [6.07, 6.45) is 6.93. The molecule has 0 saturated heterocycles. The van der Waals surface area contributed by atoms with Gasteiger partial charge in [0.05, 0.1) is 0 Å². The molecule has 1 unspecified atom stereocenters. The van der Waals surface area contributed by atoms with Crippen LogP contribution in [0.15, 0.2) is 50.8 Å².